The molecule has 1 rings (SSSR count). The number of hydrogen-bond donors (Lipinski definition) is 1. The number of ether oxygens (including phenoxy) is 1. The number of allylic oxidation sites excluding steroid dienone is 3. The predicted octanol–water partition coefficient (Wildman–Crippen LogP) is 1.74. The average Bonchev–Trinajstić information content (AvgIpc) is 2.19. The van der Waals surface area contributed by atoms with Crippen molar-refractivity contribution in [1.82, 2.24) is 5.32 Å². The standard InChI is InChI=1S/C11H19NO/c1-13-9-5-8-12-10-11-6-3-2-4-7-11/h2-4,6,11-12H,5,7-10H2,1H3. The fraction of sp³-hybridized carbons (Fsp3) is 0.636. The summed E-state index contributed by atoms with van der Waals surface area (Å²) in [4.78, 5) is 0. The summed E-state index contributed by atoms with van der Waals surface area (Å²) in [5.41, 5.74) is 0. The summed E-state index contributed by atoms with van der Waals surface area (Å²) in [6, 6.07) is 0. The van der Waals surface area contributed by atoms with Crippen molar-refractivity contribution < 1.29 is 4.74 Å². The monoisotopic (exact) mass is 181 g/mol. The summed E-state index contributed by atoms with van der Waals surface area (Å²) in [5, 5.41) is 3.42. The fourth-order valence-corrected chi connectivity index (χ4v) is 1.41. The van der Waals surface area contributed by atoms with Gasteiger partial charge >= 0.3 is 0 Å². The van der Waals surface area contributed by atoms with E-state index in [1.165, 1.54) is 6.42 Å². The highest BCUT2D eigenvalue weighted by molar-refractivity contribution is 5.11. The molecule has 1 unspecified atom stereocenters. The molecule has 0 saturated heterocycles. The molecule has 0 amide bonds. The van der Waals surface area contributed by atoms with Crippen molar-refractivity contribution in [2.75, 3.05) is 26.8 Å². The van der Waals surface area contributed by atoms with Gasteiger partial charge in [0, 0.05) is 20.3 Å². The van der Waals surface area contributed by atoms with Gasteiger partial charge in [-0.2, -0.15) is 0 Å². The molecule has 1 atom stereocenters. The third kappa shape index (κ3) is 4.86. The van der Waals surface area contributed by atoms with Crippen LogP contribution in [0.3, 0.4) is 0 Å². The third-order valence-corrected chi connectivity index (χ3v) is 2.18. The molecule has 2 nitrogen and oxygen atoms in total. The zero-order chi connectivity index (χ0) is 9.36. The molecule has 0 aliphatic heterocycles. The molecule has 1 aliphatic carbocycles. The van der Waals surface area contributed by atoms with Crippen LogP contribution < -0.4 is 5.32 Å². The third-order valence-electron chi connectivity index (χ3n) is 2.18. The first-order valence-electron chi connectivity index (χ1n) is 4.96. The lowest BCUT2D eigenvalue weighted by molar-refractivity contribution is 0.194. The maximum atomic E-state index is 4.97. The van der Waals surface area contributed by atoms with E-state index >= 15 is 0 Å². The van der Waals surface area contributed by atoms with Crippen LogP contribution in [-0.2, 0) is 4.74 Å². The van der Waals surface area contributed by atoms with Crippen molar-refractivity contribution in [1.29, 1.82) is 0 Å². The summed E-state index contributed by atoms with van der Waals surface area (Å²) < 4.78 is 4.97. The topological polar surface area (TPSA) is 21.3 Å². The van der Waals surface area contributed by atoms with Gasteiger partial charge in [0.05, 0.1) is 0 Å². The van der Waals surface area contributed by atoms with Gasteiger partial charge in [0.25, 0.3) is 0 Å². The Morgan fingerprint density at radius 2 is 2.38 bits per heavy atom. The van der Waals surface area contributed by atoms with Crippen LogP contribution in [0.25, 0.3) is 0 Å². The molecule has 0 heterocycles. The Kier molecular flexibility index (Phi) is 5.54. The van der Waals surface area contributed by atoms with E-state index in [-0.39, 0.29) is 0 Å². The van der Waals surface area contributed by atoms with Gasteiger partial charge in [-0.15, -0.1) is 0 Å². The molecule has 13 heavy (non-hydrogen) atoms. The van der Waals surface area contributed by atoms with Gasteiger partial charge in [-0.25, -0.2) is 0 Å². The fourth-order valence-electron chi connectivity index (χ4n) is 1.41. The van der Waals surface area contributed by atoms with E-state index < -0.39 is 0 Å². The molecule has 0 radical (unpaired) electrons. The Labute approximate surface area is 80.7 Å². The number of hydrogen-bond acceptors (Lipinski definition) is 2. The first-order valence-corrected chi connectivity index (χ1v) is 4.96. The van der Waals surface area contributed by atoms with Gasteiger partial charge in [0.2, 0.25) is 0 Å². The van der Waals surface area contributed by atoms with Crippen LogP contribution in [0.4, 0.5) is 0 Å². The van der Waals surface area contributed by atoms with Crippen LogP contribution >= 0.6 is 0 Å². The van der Waals surface area contributed by atoms with E-state index in [1.807, 2.05) is 0 Å². The maximum Gasteiger partial charge on any atom is 0.0474 e. The van der Waals surface area contributed by atoms with E-state index in [2.05, 4.69) is 29.6 Å². The SMILES string of the molecule is COCCCNCC1C=CC=CC1. The molecular formula is C11H19NO. The Balaban J connectivity index is 1.93. The average molecular weight is 181 g/mol. The van der Waals surface area contributed by atoms with Crippen molar-refractivity contribution in [2.24, 2.45) is 5.92 Å². The highest BCUT2D eigenvalue weighted by Gasteiger charge is 2.03. The molecule has 1 aliphatic rings. The van der Waals surface area contributed by atoms with Crippen molar-refractivity contribution in [3.8, 4) is 0 Å². The number of rotatable bonds is 6. The van der Waals surface area contributed by atoms with E-state index in [0.717, 1.165) is 26.1 Å². The van der Waals surface area contributed by atoms with Crippen LogP contribution in [-0.4, -0.2) is 26.8 Å². The summed E-state index contributed by atoms with van der Waals surface area (Å²) in [7, 11) is 1.74. The predicted molar refractivity (Wildman–Crippen MR) is 55.7 cm³/mol. The normalized spacial score (nSPS) is 20.8. The van der Waals surface area contributed by atoms with E-state index in [9.17, 15) is 0 Å². The van der Waals surface area contributed by atoms with Crippen molar-refractivity contribution >= 4 is 0 Å². The Hall–Kier alpha value is -0.600. The van der Waals surface area contributed by atoms with Crippen LogP contribution in [0, 0.1) is 5.92 Å². The van der Waals surface area contributed by atoms with Gasteiger partial charge in [0.1, 0.15) is 0 Å². The lowest BCUT2D eigenvalue weighted by Crippen LogP contribution is -2.23. The number of methoxy groups -OCH3 is 1. The summed E-state index contributed by atoms with van der Waals surface area (Å²) >= 11 is 0. The molecule has 0 aromatic rings. The van der Waals surface area contributed by atoms with E-state index in [4.69, 9.17) is 4.74 Å². The van der Waals surface area contributed by atoms with Crippen LogP contribution in [0.5, 0.6) is 0 Å². The molecule has 2 heteroatoms. The second kappa shape index (κ2) is 6.87. The highest BCUT2D eigenvalue weighted by atomic mass is 16.5. The van der Waals surface area contributed by atoms with Crippen molar-refractivity contribution in [3.05, 3.63) is 24.3 Å². The van der Waals surface area contributed by atoms with E-state index in [0.29, 0.717) is 5.92 Å². The van der Waals surface area contributed by atoms with Gasteiger partial charge in [-0.05, 0) is 25.3 Å². The highest BCUT2D eigenvalue weighted by Crippen LogP contribution is 2.09. The largest absolute Gasteiger partial charge is 0.385 e. The summed E-state index contributed by atoms with van der Waals surface area (Å²) in [5.74, 6) is 0.688. The minimum Gasteiger partial charge on any atom is -0.385 e. The lowest BCUT2D eigenvalue weighted by atomic mass is 10.0. The summed E-state index contributed by atoms with van der Waals surface area (Å²) in [6.07, 6.45) is 11.0. The lowest BCUT2D eigenvalue weighted by Gasteiger charge is -2.13. The van der Waals surface area contributed by atoms with Gasteiger partial charge in [-0.3, -0.25) is 0 Å². The molecule has 0 fully saturated rings. The minimum absolute atomic E-state index is 0.688. The molecule has 1 N–H and O–H groups in total. The zero-order valence-electron chi connectivity index (χ0n) is 8.33. The molecule has 0 saturated carbocycles. The molecule has 74 valence electrons. The van der Waals surface area contributed by atoms with Crippen molar-refractivity contribution in [3.63, 3.8) is 0 Å². The number of nitrogens with one attached hydrogen (secondary N) is 1. The Morgan fingerprint density at radius 3 is 3.08 bits per heavy atom. The minimum atomic E-state index is 0.688. The second-order valence-electron chi connectivity index (χ2n) is 3.36. The van der Waals surface area contributed by atoms with E-state index in [1.54, 1.807) is 7.11 Å². The first kappa shape index (κ1) is 10.5. The second-order valence-corrected chi connectivity index (χ2v) is 3.36. The first-order chi connectivity index (χ1) is 6.43. The van der Waals surface area contributed by atoms with Gasteiger partial charge in [-0.1, -0.05) is 24.3 Å². The zero-order valence-corrected chi connectivity index (χ0v) is 8.33. The Bertz CT molecular complexity index is 175. The van der Waals surface area contributed by atoms with Gasteiger partial charge in [0.15, 0.2) is 0 Å². The Morgan fingerprint density at radius 1 is 1.46 bits per heavy atom. The molecular weight excluding hydrogens is 162 g/mol. The van der Waals surface area contributed by atoms with Crippen LogP contribution in [0.15, 0.2) is 24.3 Å². The summed E-state index contributed by atoms with van der Waals surface area (Å²) in [6.45, 7) is 3.00. The molecule has 0 aromatic heterocycles. The van der Waals surface area contributed by atoms with Crippen LogP contribution in [0.2, 0.25) is 0 Å². The van der Waals surface area contributed by atoms with Gasteiger partial charge < -0.3 is 10.1 Å². The quantitative estimate of drug-likeness (QED) is 0.630. The van der Waals surface area contributed by atoms with Crippen molar-refractivity contribution in [2.45, 2.75) is 12.8 Å². The smallest absolute Gasteiger partial charge is 0.0474 e. The maximum absolute atomic E-state index is 4.97. The van der Waals surface area contributed by atoms with Crippen LogP contribution in [0.1, 0.15) is 12.8 Å². The molecule has 0 bridgehead atoms. The molecule has 0 aromatic carbocycles. The molecule has 0 spiro atoms.